The lowest BCUT2D eigenvalue weighted by Gasteiger charge is -2.19. The first-order valence-electron chi connectivity index (χ1n) is 4.71. The topological polar surface area (TPSA) is 35.0 Å². The Hall–Kier alpha value is -1.90. The van der Waals surface area contributed by atoms with E-state index in [9.17, 15) is 0 Å². The fourth-order valence-electron chi connectivity index (χ4n) is 1.55. The van der Waals surface area contributed by atoms with Gasteiger partial charge in [-0.3, -0.25) is 0 Å². The van der Waals surface area contributed by atoms with E-state index in [0.717, 1.165) is 28.4 Å². The normalized spacial score (nSPS) is 14.2. The minimum Gasteiger partial charge on any atom is -0.488 e. The Morgan fingerprint density at radius 2 is 2.20 bits per heavy atom. The van der Waals surface area contributed by atoms with Crippen LogP contribution in [-0.2, 0) is 11.3 Å². The maximum Gasteiger partial charge on any atom is 0.128 e. The minimum absolute atomic E-state index is 0.494. The summed E-state index contributed by atoms with van der Waals surface area (Å²) in [7, 11) is 0. The lowest BCUT2D eigenvalue weighted by Crippen LogP contribution is -2.09. The molecule has 2 heterocycles. The standard InChI is InChI=1S/C12H12N2O/c1-4-10-11(5-2)15-7-9-6-13-8(3)14-12(9)10/h4-6H,1-2,7H2,3H3. The molecule has 1 aliphatic rings. The van der Waals surface area contributed by atoms with Crippen LogP contribution in [-0.4, -0.2) is 9.97 Å². The van der Waals surface area contributed by atoms with E-state index >= 15 is 0 Å². The fourth-order valence-corrected chi connectivity index (χ4v) is 1.55. The van der Waals surface area contributed by atoms with E-state index in [4.69, 9.17) is 4.74 Å². The molecular weight excluding hydrogens is 188 g/mol. The fraction of sp³-hybridized carbons (Fsp3) is 0.167. The van der Waals surface area contributed by atoms with Crippen molar-refractivity contribution >= 4 is 5.57 Å². The average Bonchev–Trinajstić information content (AvgIpc) is 2.27. The first-order valence-corrected chi connectivity index (χ1v) is 4.71. The highest BCUT2D eigenvalue weighted by molar-refractivity contribution is 5.77. The Morgan fingerprint density at radius 3 is 2.87 bits per heavy atom. The van der Waals surface area contributed by atoms with E-state index in [1.54, 1.807) is 18.3 Å². The molecule has 1 aromatic heterocycles. The van der Waals surface area contributed by atoms with Crippen LogP contribution in [0.2, 0.25) is 0 Å². The van der Waals surface area contributed by atoms with Crippen molar-refractivity contribution < 1.29 is 4.74 Å². The molecule has 0 bridgehead atoms. The van der Waals surface area contributed by atoms with E-state index in [-0.39, 0.29) is 0 Å². The molecule has 3 heteroatoms. The Kier molecular flexibility index (Phi) is 2.37. The first-order chi connectivity index (χ1) is 7.26. The summed E-state index contributed by atoms with van der Waals surface area (Å²) in [6, 6.07) is 0. The van der Waals surface area contributed by atoms with Crippen LogP contribution in [0.15, 0.2) is 37.3 Å². The van der Waals surface area contributed by atoms with E-state index in [0.29, 0.717) is 6.61 Å². The van der Waals surface area contributed by atoms with Gasteiger partial charge in [-0.25, -0.2) is 9.97 Å². The summed E-state index contributed by atoms with van der Waals surface area (Å²) in [4.78, 5) is 8.53. The van der Waals surface area contributed by atoms with Gasteiger partial charge in [0.1, 0.15) is 18.2 Å². The smallest absolute Gasteiger partial charge is 0.128 e. The van der Waals surface area contributed by atoms with Crippen molar-refractivity contribution in [1.29, 1.82) is 0 Å². The van der Waals surface area contributed by atoms with Gasteiger partial charge in [0.2, 0.25) is 0 Å². The third kappa shape index (κ3) is 1.56. The van der Waals surface area contributed by atoms with Crippen LogP contribution in [0.25, 0.3) is 5.57 Å². The van der Waals surface area contributed by atoms with Crippen LogP contribution in [0.4, 0.5) is 0 Å². The maximum absolute atomic E-state index is 5.51. The molecule has 0 unspecified atom stereocenters. The van der Waals surface area contributed by atoms with Gasteiger partial charge in [-0.15, -0.1) is 0 Å². The van der Waals surface area contributed by atoms with Gasteiger partial charge in [0.05, 0.1) is 5.69 Å². The summed E-state index contributed by atoms with van der Waals surface area (Å²) in [5.41, 5.74) is 2.77. The van der Waals surface area contributed by atoms with Crippen LogP contribution in [0.1, 0.15) is 17.1 Å². The molecule has 0 atom stereocenters. The Bertz CT molecular complexity index is 461. The molecule has 0 radical (unpaired) electrons. The Labute approximate surface area is 88.8 Å². The number of aryl methyl sites for hydroxylation is 1. The van der Waals surface area contributed by atoms with Crippen LogP contribution in [0, 0.1) is 6.92 Å². The summed E-state index contributed by atoms with van der Waals surface area (Å²) in [5.74, 6) is 1.48. The van der Waals surface area contributed by atoms with Crippen LogP contribution >= 0.6 is 0 Å². The van der Waals surface area contributed by atoms with Crippen molar-refractivity contribution in [3.63, 3.8) is 0 Å². The first kappa shape index (κ1) is 9.65. The van der Waals surface area contributed by atoms with Crippen molar-refractivity contribution in [1.82, 2.24) is 9.97 Å². The molecule has 76 valence electrons. The van der Waals surface area contributed by atoms with Crippen molar-refractivity contribution in [2.45, 2.75) is 13.5 Å². The molecule has 15 heavy (non-hydrogen) atoms. The van der Waals surface area contributed by atoms with Crippen LogP contribution in [0.3, 0.4) is 0 Å². The zero-order valence-corrected chi connectivity index (χ0v) is 8.66. The number of hydrogen-bond donors (Lipinski definition) is 0. The summed E-state index contributed by atoms with van der Waals surface area (Å²) < 4.78 is 5.51. The van der Waals surface area contributed by atoms with E-state index in [2.05, 4.69) is 23.1 Å². The summed E-state index contributed by atoms with van der Waals surface area (Å²) in [5, 5.41) is 0. The summed E-state index contributed by atoms with van der Waals surface area (Å²) in [6.07, 6.45) is 5.21. The third-order valence-electron chi connectivity index (χ3n) is 2.28. The number of aromatic nitrogens is 2. The number of ether oxygens (including phenoxy) is 1. The number of hydrogen-bond acceptors (Lipinski definition) is 3. The predicted molar refractivity (Wildman–Crippen MR) is 58.9 cm³/mol. The van der Waals surface area contributed by atoms with Crippen molar-refractivity contribution in [3.8, 4) is 0 Å². The van der Waals surface area contributed by atoms with Crippen LogP contribution < -0.4 is 0 Å². The quantitative estimate of drug-likeness (QED) is 0.735. The van der Waals surface area contributed by atoms with Crippen molar-refractivity contribution in [2.75, 3.05) is 0 Å². The highest BCUT2D eigenvalue weighted by atomic mass is 16.5. The minimum atomic E-state index is 0.494. The number of nitrogens with zero attached hydrogens (tertiary/aromatic N) is 2. The molecule has 0 saturated carbocycles. The molecule has 0 saturated heterocycles. The molecule has 3 nitrogen and oxygen atoms in total. The summed E-state index contributed by atoms with van der Waals surface area (Å²) in [6.45, 7) is 9.83. The largest absolute Gasteiger partial charge is 0.488 e. The molecule has 0 spiro atoms. The number of rotatable bonds is 2. The molecule has 0 aromatic carbocycles. The molecule has 1 aromatic rings. The molecule has 2 rings (SSSR count). The summed E-state index contributed by atoms with van der Waals surface area (Å²) >= 11 is 0. The van der Waals surface area contributed by atoms with Gasteiger partial charge >= 0.3 is 0 Å². The lowest BCUT2D eigenvalue weighted by atomic mass is 10.0. The highest BCUT2D eigenvalue weighted by Gasteiger charge is 2.18. The number of fused-ring (bicyclic) bond motifs is 1. The molecular formula is C12H12N2O. The Morgan fingerprint density at radius 1 is 1.40 bits per heavy atom. The maximum atomic E-state index is 5.51. The zero-order chi connectivity index (χ0) is 10.8. The predicted octanol–water partition coefficient (Wildman–Crippen LogP) is 2.40. The van der Waals surface area contributed by atoms with Gasteiger partial charge in [0.25, 0.3) is 0 Å². The average molecular weight is 200 g/mol. The number of allylic oxidation sites excluding steroid dienone is 3. The van der Waals surface area contributed by atoms with E-state index in [1.807, 2.05) is 6.92 Å². The van der Waals surface area contributed by atoms with E-state index < -0.39 is 0 Å². The van der Waals surface area contributed by atoms with Crippen molar-refractivity contribution in [3.05, 3.63) is 54.3 Å². The van der Waals surface area contributed by atoms with Gasteiger partial charge < -0.3 is 4.74 Å². The monoisotopic (exact) mass is 200 g/mol. The third-order valence-corrected chi connectivity index (χ3v) is 2.28. The molecule has 0 N–H and O–H groups in total. The second kappa shape index (κ2) is 3.69. The lowest BCUT2D eigenvalue weighted by molar-refractivity contribution is 0.207. The van der Waals surface area contributed by atoms with Gasteiger partial charge in [0.15, 0.2) is 0 Å². The Balaban J connectivity index is 2.65. The highest BCUT2D eigenvalue weighted by Crippen LogP contribution is 2.28. The van der Waals surface area contributed by atoms with Gasteiger partial charge in [-0.05, 0) is 13.0 Å². The second-order valence-corrected chi connectivity index (χ2v) is 3.27. The SMILES string of the molecule is C=CC1=C(C=C)c2nc(C)ncc2CO1. The van der Waals surface area contributed by atoms with Gasteiger partial charge in [-0.1, -0.05) is 19.2 Å². The van der Waals surface area contributed by atoms with Crippen LogP contribution in [0.5, 0.6) is 0 Å². The van der Waals surface area contributed by atoms with Crippen molar-refractivity contribution in [2.24, 2.45) is 0 Å². The molecule has 0 fully saturated rings. The molecule has 1 aliphatic heterocycles. The molecule has 0 aliphatic carbocycles. The molecule has 0 amide bonds. The second-order valence-electron chi connectivity index (χ2n) is 3.27. The van der Waals surface area contributed by atoms with Gasteiger partial charge in [0, 0.05) is 17.3 Å². The van der Waals surface area contributed by atoms with Gasteiger partial charge in [-0.2, -0.15) is 0 Å². The zero-order valence-electron chi connectivity index (χ0n) is 8.66. The van der Waals surface area contributed by atoms with E-state index in [1.165, 1.54) is 0 Å².